The van der Waals surface area contributed by atoms with Gasteiger partial charge in [0.05, 0.1) is 17.4 Å². The third-order valence-electron chi connectivity index (χ3n) is 4.21. The maximum atomic E-state index is 6.20. The molecule has 2 heterocycles. The van der Waals surface area contributed by atoms with Crippen LogP contribution in [0.1, 0.15) is 30.1 Å². The lowest BCUT2D eigenvalue weighted by Gasteiger charge is -2.21. The summed E-state index contributed by atoms with van der Waals surface area (Å²) in [6.07, 6.45) is 7.43. The van der Waals surface area contributed by atoms with Gasteiger partial charge in [-0.2, -0.15) is 0 Å². The Bertz CT molecular complexity index is 773. The summed E-state index contributed by atoms with van der Waals surface area (Å²) in [4.78, 5) is 4.55. The Morgan fingerprint density at radius 3 is 3.05 bits per heavy atom. The lowest BCUT2D eigenvalue weighted by atomic mass is 9.93. The van der Waals surface area contributed by atoms with E-state index in [1.165, 1.54) is 23.1 Å². The molecule has 2 N–H and O–H groups in total. The Hall–Kier alpha value is -2.13. The molecule has 0 radical (unpaired) electrons. The van der Waals surface area contributed by atoms with E-state index in [0.717, 1.165) is 24.0 Å². The van der Waals surface area contributed by atoms with Crippen molar-refractivity contribution in [1.29, 1.82) is 0 Å². The molecule has 0 fully saturated rings. The summed E-state index contributed by atoms with van der Waals surface area (Å²) in [5.41, 5.74) is 11.0. The minimum absolute atomic E-state index is 0.188. The van der Waals surface area contributed by atoms with Gasteiger partial charge < -0.3 is 10.3 Å². The van der Waals surface area contributed by atoms with Crippen LogP contribution >= 0.6 is 0 Å². The molecule has 1 aliphatic rings. The summed E-state index contributed by atoms with van der Waals surface area (Å²) >= 11 is 0. The topological polar surface area (TPSA) is 43.8 Å². The highest BCUT2D eigenvalue weighted by Gasteiger charge is 2.20. The SMILES string of the molecule is NC1CCCc2c1ccn2-c1cnc2ccccc2c1. The lowest BCUT2D eigenvalue weighted by molar-refractivity contribution is 0.560. The molecule has 0 bridgehead atoms. The first kappa shape index (κ1) is 11.7. The summed E-state index contributed by atoms with van der Waals surface area (Å²) in [7, 11) is 0. The van der Waals surface area contributed by atoms with Gasteiger partial charge in [-0.3, -0.25) is 4.98 Å². The van der Waals surface area contributed by atoms with Gasteiger partial charge >= 0.3 is 0 Å². The monoisotopic (exact) mass is 263 g/mol. The molecule has 0 saturated heterocycles. The third-order valence-corrected chi connectivity index (χ3v) is 4.21. The van der Waals surface area contributed by atoms with Crippen molar-refractivity contribution in [3.63, 3.8) is 0 Å². The van der Waals surface area contributed by atoms with Crippen molar-refractivity contribution < 1.29 is 0 Å². The Morgan fingerprint density at radius 1 is 1.20 bits per heavy atom. The standard InChI is InChI=1S/C17H17N3/c18-15-5-3-7-17-14(15)8-9-20(17)13-10-12-4-1-2-6-16(12)19-11-13/h1-2,4,6,8-11,15H,3,5,7,18H2. The largest absolute Gasteiger partial charge is 0.324 e. The van der Waals surface area contributed by atoms with Crippen LogP contribution in [0.3, 0.4) is 0 Å². The molecule has 1 atom stereocenters. The Morgan fingerprint density at radius 2 is 2.10 bits per heavy atom. The second kappa shape index (κ2) is 4.46. The van der Waals surface area contributed by atoms with E-state index in [4.69, 9.17) is 5.73 Å². The van der Waals surface area contributed by atoms with Crippen LogP contribution in [0.5, 0.6) is 0 Å². The molecule has 0 saturated carbocycles. The van der Waals surface area contributed by atoms with Gasteiger partial charge in [-0.05, 0) is 43.0 Å². The van der Waals surface area contributed by atoms with E-state index in [0.29, 0.717) is 0 Å². The highest BCUT2D eigenvalue weighted by Crippen LogP contribution is 2.30. The summed E-state index contributed by atoms with van der Waals surface area (Å²) in [6, 6.07) is 12.8. The Labute approximate surface area is 118 Å². The van der Waals surface area contributed by atoms with Crippen LogP contribution < -0.4 is 5.73 Å². The van der Waals surface area contributed by atoms with Gasteiger partial charge in [-0.15, -0.1) is 0 Å². The molecule has 2 aromatic heterocycles. The van der Waals surface area contributed by atoms with Gasteiger partial charge in [0.1, 0.15) is 0 Å². The van der Waals surface area contributed by atoms with Gasteiger partial charge in [0.25, 0.3) is 0 Å². The third kappa shape index (κ3) is 1.74. The van der Waals surface area contributed by atoms with Gasteiger partial charge in [0.15, 0.2) is 0 Å². The van der Waals surface area contributed by atoms with Crippen LogP contribution in [0.25, 0.3) is 16.6 Å². The van der Waals surface area contributed by atoms with Crippen molar-refractivity contribution in [2.75, 3.05) is 0 Å². The quantitative estimate of drug-likeness (QED) is 0.731. The molecule has 1 unspecified atom stereocenters. The average molecular weight is 263 g/mol. The van der Waals surface area contributed by atoms with E-state index in [-0.39, 0.29) is 6.04 Å². The van der Waals surface area contributed by atoms with E-state index >= 15 is 0 Å². The summed E-state index contributed by atoms with van der Waals surface area (Å²) < 4.78 is 2.24. The molecular weight excluding hydrogens is 246 g/mol. The van der Waals surface area contributed by atoms with Crippen molar-refractivity contribution in [3.8, 4) is 5.69 Å². The van der Waals surface area contributed by atoms with Crippen molar-refractivity contribution in [1.82, 2.24) is 9.55 Å². The second-order valence-corrected chi connectivity index (χ2v) is 5.47. The van der Waals surface area contributed by atoms with Crippen molar-refractivity contribution >= 4 is 10.9 Å². The summed E-state index contributed by atoms with van der Waals surface area (Å²) in [5.74, 6) is 0. The van der Waals surface area contributed by atoms with E-state index < -0.39 is 0 Å². The van der Waals surface area contributed by atoms with Gasteiger partial charge in [0.2, 0.25) is 0 Å². The first-order valence-electron chi connectivity index (χ1n) is 7.14. The number of fused-ring (bicyclic) bond motifs is 2. The first-order valence-corrected chi connectivity index (χ1v) is 7.14. The maximum absolute atomic E-state index is 6.20. The number of hydrogen-bond acceptors (Lipinski definition) is 2. The molecule has 20 heavy (non-hydrogen) atoms. The number of rotatable bonds is 1. The van der Waals surface area contributed by atoms with Gasteiger partial charge in [0, 0.05) is 23.3 Å². The number of pyridine rings is 1. The zero-order valence-electron chi connectivity index (χ0n) is 11.3. The number of aromatic nitrogens is 2. The maximum Gasteiger partial charge on any atom is 0.0703 e. The predicted octanol–water partition coefficient (Wildman–Crippen LogP) is 3.36. The van der Waals surface area contributed by atoms with Crippen molar-refractivity contribution in [2.24, 2.45) is 5.73 Å². The minimum Gasteiger partial charge on any atom is -0.324 e. The van der Waals surface area contributed by atoms with Crippen LogP contribution in [0.15, 0.2) is 48.8 Å². The lowest BCUT2D eigenvalue weighted by Crippen LogP contribution is -2.17. The molecule has 0 amide bonds. The Balaban J connectivity index is 1.87. The molecule has 3 aromatic rings. The number of nitrogens with two attached hydrogens (primary N) is 1. The van der Waals surface area contributed by atoms with Crippen molar-refractivity contribution in [3.05, 3.63) is 60.0 Å². The summed E-state index contributed by atoms with van der Waals surface area (Å²) in [5, 5.41) is 1.17. The van der Waals surface area contributed by atoms with E-state index in [2.05, 4.69) is 40.0 Å². The normalized spacial score (nSPS) is 18.1. The second-order valence-electron chi connectivity index (χ2n) is 5.47. The van der Waals surface area contributed by atoms with E-state index in [1.54, 1.807) is 0 Å². The minimum atomic E-state index is 0.188. The first-order chi connectivity index (χ1) is 9.83. The average Bonchev–Trinajstić information content (AvgIpc) is 2.92. The fourth-order valence-corrected chi connectivity index (χ4v) is 3.16. The van der Waals surface area contributed by atoms with E-state index in [9.17, 15) is 0 Å². The fourth-order valence-electron chi connectivity index (χ4n) is 3.16. The van der Waals surface area contributed by atoms with Crippen LogP contribution in [-0.2, 0) is 6.42 Å². The molecular formula is C17H17N3. The summed E-state index contributed by atoms with van der Waals surface area (Å²) in [6.45, 7) is 0. The molecule has 4 rings (SSSR count). The van der Waals surface area contributed by atoms with Crippen LogP contribution in [-0.4, -0.2) is 9.55 Å². The van der Waals surface area contributed by atoms with Crippen LogP contribution in [0.4, 0.5) is 0 Å². The molecule has 0 spiro atoms. The van der Waals surface area contributed by atoms with Crippen LogP contribution in [0.2, 0.25) is 0 Å². The van der Waals surface area contributed by atoms with Crippen molar-refractivity contribution in [2.45, 2.75) is 25.3 Å². The van der Waals surface area contributed by atoms with Gasteiger partial charge in [-0.1, -0.05) is 18.2 Å². The molecule has 3 heteroatoms. The van der Waals surface area contributed by atoms with Gasteiger partial charge in [-0.25, -0.2) is 0 Å². The van der Waals surface area contributed by atoms with Crippen LogP contribution in [0, 0.1) is 0 Å². The number of para-hydroxylation sites is 1. The molecule has 0 aliphatic heterocycles. The molecule has 1 aromatic carbocycles. The van der Waals surface area contributed by atoms with E-state index in [1.807, 2.05) is 18.3 Å². The molecule has 3 nitrogen and oxygen atoms in total. The zero-order valence-corrected chi connectivity index (χ0v) is 11.3. The predicted molar refractivity (Wildman–Crippen MR) is 80.9 cm³/mol. The number of benzene rings is 1. The molecule has 1 aliphatic carbocycles. The molecule has 100 valence electrons. The number of nitrogens with zero attached hydrogens (tertiary/aromatic N) is 2. The zero-order chi connectivity index (χ0) is 13.5. The smallest absolute Gasteiger partial charge is 0.0703 e. The Kier molecular flexibility index (Phi) is 2.60. The highest BCUT2D eigenvalue weighted by atomic mass is 15.0. The highest BCUT2D eigenvalue weighted by molar-refractivity contribution is 5.80. The fraction of sp³-hybridized carbons (Fsp3) is 0.235. The number of hydrogen-bond donors (Lipinski definition) is 1.